The second-order valence-electron chi connectivity index (χ2n) is 5.12. The van der Waals surface area contributed by atoms with Crippen molar-refractivity contribution in [1.82, 2.24) is 4.90 Å². The van der Waals surface area contributed by atoms with Gasteiger partial charge in [-0.1, -0.05) is 6.07 Å². The SMILES string of the molecule is CN1CCC[C@H](CO)[C@H]1c1ccc2c(c1)OCO2. The van der Waals surface area contributed by atoms with Crippen LogP contribution < -0.4 is 9.47 Å². The van der Waals surface area contributed by atoms with E-state index >= 15 is 0 Å². The van der Waals surface area contributed by atoms with E-state index < -0.39 is 0 Å². The first-order chi connectivity index (χ1) is 8.79. The van der Waals surface area contributed by atoms with E-state index in [0.717, 1.165) is 30.9 Å². The molecule has 0 radical (unpaired) electrons. The van der Waals surface area contributed by atoms with Crippen LogP contribution >= 0.6 is 0 Å². The Morgan fingerprint density at radius 3 is 3.00 bits per heavy atom. The maximum absolute atomic E-state index is 9.55. The van der Waals surface area contributed by atoms with Gasteiger partial charge in [-0.15, -0.1) is 0 Å². The molecule has 1 aromatic rings. The third kappa shape index (κ3) is 1.95. The Bertz CT molecular complexity index is 435. The van der Waals surface area contributed by atoms with Crippen molar-refractivity contribution in [3.8, 4) is 11.5 Å². The van der Waals surface area contributed by atoms with Crippen LogP contribution in [0.25, 0.3) is 0 Å². The number of piperidine rings is 1. The summed E-state index contributed by atoms with van der Waals surface area (Å²) in [6.45, 7) is 1.63. The highest BCUT2D eigenvalue weighted by atomic mass is 16.7. The molecule has 3 rings (SSSR count). The molecule has 0 saturated carbocycles. The molecule has 2 atom stereocenters. The average Bonchev–Trinajstić information content (AvgIpc) is 2.85. The predicted octanol–water partition coefficient (Wildman–Crippen LogP) is 1.79. The van der Waals surface area contributed by atoms with Crippen molar-refractivity contribution in [2.24, 2.45) is 5.92 Å². The quantitative estimate of drug-likeness (QED) is 0.867. The topological polar surface area (TPSA) is 41.9 Å². The number of likely N-dealkylation sites (tertiary alicyclic amines) is 1. The minimum Gasteiger partial charge on any atom is -0.454 e. The first-order valence-electron chi connectivity index (χ1n) is 6.50. The Morgan fingerprint density at radius 1 is 1.33 bits per heavy atom. The Kier molecular flexibility index (Phi) is 3.14. The van der Waals surface area contributed by atoms with Crippen molar-refractivity contribution in [1.29, 1.82) is 0 Å². The van der Waals surface area contributed by atoms with Crippen LogP contribution in [0.2, 0.25) is 0 Å². The van der Waals surface area contributed by atoms with E-state index in [0.29, 0.717) is 12.7 Å². The molecule has 1 saturated heterocycles. The van der Waals surface area contributed by atoms with Gasteiger partial charge in [-0.05, 0) is 44.1 Å². The molecular formula is C14H19NO3. The minimum absolute atomic E-state index is 0.240. The van der Waals surface area contributed by atoms with Gasteiger partial charge < -0.3 is 14.6 Å². The third-order valence-electron chi connectivity index (χ3n) is 3.98. The lowest BCUT2D eigenvalue weighted by molar-refractivity contribution is 0.0741. The predicted molar refractivity (Wildman–Crippen MR) is 67.7 cm³/mol. The smallest absolute Gasteiger partial charge is 0.231 e. The number of aliphatic hydroxyl groups is 1. The van der Waals surface area contributed by atoms with Gasteiger partial charge in [0.15, 0.2) is 11.5 Å². The number of aliphatic hydroxyl groups excluding tert-OH is 1. The van der Waals surface area contributed by atoms with Gasteiger partial charge in [0, 0.05) is 18.6 Å². The highest BCUT2D eigenvalue weighted by Gasteiger charge is 2.31. The first-order valence-corrected chi connectivity index (χ1v) is 6.50. The van der Waals surface area contributed by atoms with Gasteiger partial charge in [0.05, 0.1) is 0 Å². The molecule has 1 aromatic carbocycles. The zero-order valence-electron chi connectivity index (χ0n) is 10.6. The number of fused-ring (bicyclic) bond motifs is 1. The van der Waals surface area contributed by atoms with E-state index in [1.54, 1.807) is 0 Å². The van der Waals surface area contributed by atoms with Crippen LogP contribution in [0.4, 0.5) is 0 Å². The summed E-state index contributed by atoms with van der Waals surface area (Å²) in [5, 5.41) is 9.55. The zero-order chi connectivity index (χ0) is 12.5. The number of hydrogen-bond donors (Lipinski definition) is 1. The molecule has 0 amide bonds. The zero-order valence-corrected chi connectivity index (χ0v) is 10.6. The lowest BCUT2D eigenvalue weighted by Crippen LogP contribution is -2.37. The van der Waals surface area contributed by atoms with Gasteiger partial charge in [-0.2, -0.15) is 0 Å². The van der Waals surface area contributed by atoms with Gasteiger partial charge in [-0.25, -0.2) is 0 Å². The number of hydrogen-bond acceptors (Lipinski definition) is 4. The summed E-state index contributed by atoms with van der Waals surface area (Å²) in [6, 6.07) is 6.38. The fourth-order valence-electron chi connectivity index (χ4n) is 3.07. The monoisotopic (exact) mass is 249 g/mol. The number of ether oxygens (including phenoxy) is 2. The van der Waals surface area contributed by atoms with E-state index in [1.165, 1.54) is 5.56 Å². The molecule has 0 aliphatic carbocycles. The van der Waals surface area contributed by atoms with Crippen LogP contribution in [0.5, 0.6) is 11.5 Å². The van der Waals surface area contributed by atoms with E-state index in [2.05, 4.69) is 24.1 Å². The second-order valence-corrected chi connectivity index (χ2v) is 5.12. The number of rotatable bonds is 2. The highest BCUT2D eigenvalue weighted by molar-refractivity contribution is 5.45. The molecule has 2 aliphatic rings. The minimum atomic E-state index is 0.240. The molecule has 1 N–H and O–H groups in total. The molecule has 0 spiro atoms. The van der Waals surface area contributed by atoms with Crippen molar-refractivity contribution in [3.05, 3.63) is 23.8 Å². The summed E-state index contributed by atoms with van der Waals surface area (Å²) in [5.74, 6) is 1.95. The Labute approximate surface area is 107 Å². The van der Waals surface area contributed by atoms with Crippen molar-refractivity contribution in [3.63, 3.8) is 0 Å². The average molecular weight is 249 g/mol. The Morgan fingerprint density at radius 2 is 2.17 bits per heavy atom. The molecule has 0 bridgehead atoms. The normalized spacial score (nSPS) is 27.4. The van der Waals surface area contributed by atoms with E-state index in [4.69, 9.17) is 9.47 Å². The van der Waals surface area contributed by atoms with Crippen LogP contribution in [0, 0.1) is 5.92 Å². The molecule has 1 fully saturated rings. The van der Waals surface area contributed by atoms with Gasteiger partial charge in [0.2, 0.25) is 6.79 Å². The van der Waals surface area contributed by atoms with Gasteiger partial charge in [-0.3, -0.25) is 4.90 Å². The Hall–Kier alpha value is -1.26. The van der Waals surface area contributed by atoms with Crippen molar-refractivity contribution >= 4 is 0 Å². The maximum atomic E-state index is 9.55. The summed E-state index contributed by atoms with van der Waals surface area (Å²) in [6.07, 6.45) is 2.24. The third-order valence-corrected chi connectivity index (χ3v) is 3.98. The number of benzene rings is 1. The highest BCUT2D eigenvalue weighted by Crippen LogP contribution is 2.40. The molecule has 2 aliphatic heterocycles. The van der Waals surface area contributed by atoms with Crippen LogP contribution in [0.15, 0.2) is 18.2 Å². The first kappa shape index (κ1) is 11.8. The Balaban J connectivity index is 1.91. The van der Waals surface area contributed by atoms with E-state index in [-0.39, 0.29) is 12.6 Å². The number of nitrogens with zero attached hydrogens (tertiary/aromatic N) is 1. The molecule has 0 unspecified atom stereocenters. The van der Waals surface area contributed by atoms with Crippen molar-refractivity contribution < 1.29 is 14.6 Å². The molecule has 4 heteroatoms. The van der Waals surface area contributed by atoms with Gasteiger partial charge in [0.1, 0.15) is 0 Å². The molecule has 2 heterocycles. The summed E-state index contributed by atoms with van der Waals surface area (Å²) >= 11 is 0. The fraction of sp³-hybridized carbons (Fsp3) is 0.571. The molecule has 18 heavy (non-hydrogen) atoms. The maximum Gasteiger partial charge on any atom is 0.231 e. The largest absolute Gasteiger partial charge is 0.454 e. The molecule has 98 valence electrons. The molecule has 0 aromatic heterocycles. The lowest BCUT2D eigenvalue weighted by Gasteiger charge is -2.38. The van der Waals surface area contributed by atoms with Crippen LogP contribution in [0.3, 0.4) is 0 Å². The van der Waals surface area contributed by atoms with Crippen LogP contribution in [-0.2, 0) is 0 Å². The summed E-state index contributed by atoms with van der Waals surface area (Å²) in [5.41, 5.74) is 1.21. The molecular weight excluding hydrogens is 230 g/mol. The summed E-state index contributed by atoms with van der Waals surface area (Å²) in [4.78, 5) is 2.32. The lowest BCUT2D eigenvalue weighted by atomic mass is 9.85. The van der Waals surface area contributed by atoms with Gasteiger partial charge >= 0.3 is 0 Å². The van der Waals surface area contributed by atoms with Crippen molar-refractivity contribution in [2.75, 3.05) is 27.0 Å². The van der Waals surface area contributed by atoms with Crippen LogP contribution in [-0.4, -0.2) is 37.0 Å². The second kappa shape index (κ2) is 4.78. The standard InChI is InChI=1S/C14H19NO3/c1-15-6-2-3-11(8-16)14(15)10-4-5-12-13(7-10)18-9-17-12/h4-5,7,11,14,16H,2-3,6,8-9H2,1H3/t11-,14-/m1/s1. The summed E-state index contributed by atoms with van der Waals surface area (Å²) < 4.78 is 10.8. The van der Waals surface area contributed by atoms with Crippen molar-refractivity contribution in [2.45, 2.75) is 18.9 Å². The van der Waals surface area contributed by atoms with Gasteiger partial charge in [0.25, 0.3) is 0 Å². The molecule has 4 nitrogen and oxygen atoms in total. The van der Waals surface area contributed by atoms with E-state index in [9.17, 15) is 5.11 Å². The summed E-state index contributed by atoms with van der Waals surface area (Å²) in [7, 11) is 2.12. The van der Waals surface area contributed by atoms with Crippen LogP contribution in [0.1, 0.15) is 24.4 Å². The van der Waals surface area contributed by atoms with E-state index in [1.807, 2.05) is 6.07 Å². The fourth-order valence-corrected chi connectivity index (χ4v) is 3.07.